The lowest BCUT2D eigenvalue weighted by Crippen LogP contribution is -2.28. The van der Waals surface area contributed by atoms with Crippen LogP contribution in [0.15, 0.2) is 11.1 Å². The molecule has 3 N–H and O–H groups in total. The summed E-state index contributed by atoms with van der Waals surface area (Å²) in [4.78, 5) is 22.1. The number of rotatable bonds is 1. The molecule has 11 heavy (non-hydrogen) atoms. The number of hydrogen-bond donors (Lipinski definition) is 2. The Labute approximate surface area is 66.8 Å². The lowest BCUT2D eigenvalue weighted by Gasteiger charge is -2.05. The van der Waals surface area contributed by atoms with Gasteiger partial charge < -0.3 is 10.8 Å². The van der Waals surface area contributed by atoms with Gasteiger partial charge in [-0.25, -0.2) is 9.59 Å². The summed E-state index contributed by atoms with van der Waals surface area (Å²) in [5.41, 5.74) is 4.90. The van der Waals surface area contributed by atoms with Crippen molar-refractivity contribution in [3.63, 3.8) is 0 Å². The molecular formula is C5H6N2O3S. The van der Waals surface area contributed by atoms with Crippen molar-refractivity contribution in [3.05, 3.63) is 11.1 Å². The molecule has 1 rings (SSSR count). The van der Waals surface area contributed by atoms with Crippen molar-refractivity contribution in [1.82, 2.24) is 4.90 Å². The number of nitrogens with two attached hydrogens (primary N) is 1. The molecule has 2 amide bonds. The predicted molar refractivity (Wildman–Crippen MR) is 39.6 cm³/mol. The van der Waals surface area contributed by atoms with Crippen molar-refractivity contribution in [1.29, 1.82) is 0 Å². The second-order valence-electron chi connectivity index (χ2n) is 1.88. The highest BCUT2D eigenvalue weighted by Crippen LogP contribution is 2.24. The number of carbonyl (C=O) groups is 2. The molecule has 5 nitrogen and oxygen atoms in total. The van der Waals surface area contributed by atoms with Crippen LogP contribution in [0.1, 0.15) is 0 Å². The van der Waals surface area contributed by atoms with Gasteiger partial charge in [-0.2, -0.15) is 0 Å². The van der Waals surface area contributed by atoms with Crippen molar-refractivity contribution in [2.75, 3.05) is 5.88 Å². The van der Waals surface area contributed by atoms with Gasteiger partial charge in [0, 0.05) is 6.20 Å². The Balaban J connectivity index is 2.68. The first-order valence-electron chi connectivity index (χ1n) is 2.75. The van der Waals surface area contributed by atoms with E-state index in [1.807, 2.05) is 0 Å². The van der Waals surface area contributed by atoms with E-state index in [0.717, 1.165) is 16.7 Å². The number of nitrogens with zero attached hydrogens (tertiary/aromatic N) is 1. The van der Waals surface area contributed by atoms with Crippen LogP contribution in [0.3, 0.4) is 0 Å². The van der Waals surface area contributed by atoms with E-state index < -0.39 is 12.0 Å². The first kappa shape index (κ1) is 7.93. The van der Waals surface area contributed by atoms with E-state index in [0.29, 0.717) is 0 Å². The second kappa shape index (κ2) is 2.83. The minimum atomic E-state index is -1.03. The van der Waals surface area contributed by atoms with Crippen LogP contribution >= 0.6 is 11.8 Å². The maximum absolute atomic E-state index is 10.5. The van der Waals surface area contributed by atoms with Gasteiger partial charge in [0.15, 0.2) is 0 Å². The number of carbonyl (C=O) groups excluding carboxylic acids is 1. The summed E-state index contributed by atoms with van der Waals surface area (Å²) in [5, 5.41) is 8.44. The molecule has 0 bridgehead atoms. The zero-order valence-corrected chi connectivity index (χ0v) is 6.30. The van der Waals surface area contributed by atoms with E-state index in [9.17, 15) is 9.59 Å². The van der Waals surface area contributed by atoms with Crippen molar-refractivity contribution < 1.29 is 14.7 Å². The normalized spacial score (nSPS) is 16.4. The summed E-state index contributed by atoms with van der Waals surface area (Å²) >= 11 is 1.07. The molecule has 0 spiro atoms. The minimum absolute atomic E-state index is 0.142. The van der Waals surface area contributed by atoms with Gasteiger partial charge in [-0.15, -0.1) is 0 Å². The number of carboxylic acids is 1. The van der Waals surface area contributed by atoms with Gasteiger partial charge in [0.25, 0.3) is 0 Å². The molecular weight excluding hydrogens is 168 g/mol. The number of aliphatic carboxylic acids is 1. The van der Waals surface area contributed by atoms with Crippen molar-refractivity contribution in [2.24, 2.45) is 5.73 Å². The third-order valence-corrected chi connectivity index (χ3v) is 2.12. The first-order chi connectivity index (χ1) is 5.11. The van der Waals surface area contributed by atoms with Gasteiger partial charge >= 0.3 is 12.0 Å². The molecule has 0 aliphatic carbocycles. The zero-order chi connectivity index (χ0) is 8.43. The van der Waals surface area contributed by atoms with Crippen LogP contribution in [0.25, 0.3) is 0 Å². The van der Waals surface area contributed by atoms with E-state index in [4.69, 9.17) is 10.8 Å². The Kier molecular flexibility index (Phi) is 2.04. The summed E-state index contributed by atoms with van der Waals surface area (Å²) in [7, 11) is 0. The quantitative estimate of drug-likeness (QED) is 0.586. The van der Waals surface area contributed by atoms with E-state index in [-0.39, 0.29) is 10.8 Å². The van der Waals surface area contributed by atoms with Gasteiger partial charge in [0.2, 0.25) is 0 Å². The fourth-order valence-corrected chi connectivity index (χ4v) is 1.40. The molecule has 0 unspecified atom stereocenters. The van der Waals surface area contributed by atoms with E-state index in [1.165, 1.54) is 6.20 Å². The van der Waals surface area contributed by atoms with Crippen LogP contribution < -0.4 is 5.73 Å². The third-order valence-electron chi connectivity index (χ3n) is 1.13. The number of hydrogen-bond acceptors (Lipinski definition) is 3. The number of carboxylic acid groups (broad SMARTS) is 1. The lowest BCUT2D eigenvalue weighted by atomic mass is 10.6. The van der Waals surface area contributed by atoms with Crippen LogP contribution in [0.5, 0.6) is 0 Å². The van der Waals surface area contributed by atoms with Gasteiger partial charge in [-0.1, -0.05) is 11.8 Å². The lowest BCUT2D eigenvalue weighted by molar-refractivity contribution is -0.131. The van der Waals surface area contributed by atoms with Gasteiger partial charge in [0.05, 0.1) is 5.88 Å². The Morgan fingerprint density at radius 2 is 2.36 bits per heavy atom. The van der Waals surface area contributed by atoms with E-state index >= 15 is 0 Å². The van der Waals surface area contributed by atoms with Crippen molar-refractivity contribution in [2.45, 2.75) is 0 Å². The zero-order valence-electron chi connectivity index (χ0n) is 5.48. The Morgan fingerprint density at radius 1 is 1.73 bits per heavy atom. The number of primary amides is 1. The molecule has 1 aliphatic rings. The molecule has 1 aliphatic heterocycles. The summed E-state index contributed by atoms with van der Waals surface area (Å²) in [6, 6.07) is -0.631. The largest absolute Gasteiger partial charge is 0.477 e. The summed E-state index contributed by atoms with van der Waals surface area (Å²) < 4.78 is 0. The molecule has 0 saturated carbocycles. The average molecular weight is 174 g/mol. The maximum Gasteiger partial charge on any atom is 0.343 e. The molecule has 0 atom stereocenters. The number of thioether (sulfide) groups is 1. The SMILES string of the molecule is NC(=O)N1C=C(C(=O)O)SC1. The van der Waals surface area contributed by atoms with Gasteiger partial charge in [-0.3, -0.25) is 4.90 Å². The topological polar surface area (TPSA) is 83.6 Å². The maximum atomic E-state index is 10.5. The summed E-state index contributed by atoms with van der Waals surface area (Å²) in [6.07, 6.45) is 1.23. The first-order valence-corrected chi connectivity index (χ1v) is 3.74. The van der Waals surface area contributed by atoms with Crippen molar-refractivity contribution >= 4 is 23.8 Å². The average Bonchev–Trinajstić information content (AvgIpc) is 2.33. The molecule has 1 heterocycles. The fourth-order valence-electron chi connectivity index (χ4n) is 0.599. The van der Waals surface area contributed by atoms with Gasteiger partial charge in [-0.05, 0) is 0 Å². The smallest absolute Gasteiger partial charge is 0.343 e. The molecule has 0 fully saturated rings. The molecule has 0 aromatic carbocycles. The standard InChI is InChI=1S/C5H6N2O3S/c6-5(10)7-1-3(4(8)9)11-2-7/h1H,2H2,(H2,6,10)(H,8,9). The van der Waals surface area contributed by atoms with Crippen LogP contribution in [0.2, 0.25) is 0 Å². The monoisotopic (exact) mass is 174 g/mol. The Bertz CT molecular complexity index is 238. The van der Waals surface area contributed by atoms with E-state index in [2.05, 4.69) is 0 Å². The van der Waals surface area contributed by atoms with E-state index in [1.54, 1.807) is 0 Å². The van der Waals surface area contributed by atoms with Gasteiger partial charge in [0.1, 0.15) is 4.91 Å². The van der Waals surface area contributed by atoms with Crippen LogP contribution in [-0.2, 0) is 4.79 Å². The fraction of sp³-hybridized carbons (Fsp3) is 0.200. The summed E-state index contributed by atoms with van der Waals surface area (Å²) in [5.74, 6) is -0.740. The Hall–Kier alpha value is -1.17. The number of urea groups is 1. The Morgan fingerprint density at radius 3 is 2.64 bits per heavy atom. The van der Waals surface area contributed by atoms with Crippen LogP contribution in [0, 0.1) is 0 Å². The molecule has 0 saturated heterocycles. The minimum Gasteiger partial charge on any atom is -0.477 e. The predicted octanol–water partition coefficient (Wildman–Crippen LogP) is -0.00260. The summed E-state index contributed by atoms with van der Waals surface area (Å²) in [6.45, 7) is 0. The molecule has 0 aromatic rings. The molecule has 6 heteroatoms. The van der Waals surface area contributed by atoms with Crippen LogP contribution in [-0.4, -0.2) is 27.9 Å². The second-order valence-corrected chi connectivity index (χ2v) is 2.87. The third kappa shape index (κ3) is 1.64. The molecule has 0 aromatic heterocycles. The van der Waals surface area contributed by atoms with Crippen molar-refractivity contribution in [3.8, 4) is 0 Å². The number of amides is 2. The molecule has 0 radical (unpaired) electrons. The highest BCUT2D eigenvalue weighted by molar-refractivity contribution is 8.04. The highest BCUT2D eigenvalue weighted by atomic mass is 32.2. The molecule has 60 valence electrons. The highest BCUT2D eigenvalue weighted by Gasteiger charge is 2.20. The van der Waals surface area contributed by atoms with Crippen LogP contribution in [0.4, 0.5) is 4.79 Å².